The lowest BCUT2D eigenvalue weighted by molar-refractivity contribution is -0.131. The molecule has 1 N–H and O–H groups in total. The number of amides is 2. The number of rotatable bonds is 9. The normalized spacial score (nSPS) is 11.4. The van der Waals surface area contributed by atoms with E-state index in [4.69, 9.17) is 4.74 Å². The van der Waals surface area contributed by atoms with Gasteiger partial charge in [0.1, 0.15) is 6.61 Å². The van der Waals surface area contributed by atoms with Crippen molar-refractivity contribution in [3.8, 4) is 0 Å². The fourth-order valence-corrected chi connectivity index (χ4v) is 3.29. The van der Waals surface area contributed by atoms with Crippen LogP contribution in [0.2, 0.25) is 0 Å². The Labute approximate surface area is 182 Å². The second kappa shape index (κ2) is 11.5. The van der Waals surface area contributed by atoms with Crippen molar-refractivity contribution in [2.45, 2.75) is 25.5 Å². The van der Waals surface area contributed by atoms with Crippen molar-refractivity contribution in [2.75, 3.05) is 13.6 Å². The summed E-state index contributed by atoms with van der Waals surface area (Å²) in [5.41, 5.74) is 2.74. The molecule has 6 heteroatoms. The molecule has 3 rings (SSSR count). The molecule has 0 bridgehead atoms. The van der Waals surface area contributed by atoms with Crippen molar-refractivity contribution in [1.29, 1.82) is 0 Å². The van der Waals surface area contributed by atoms with Gasteiger partial charge in [0.2, 0.25) is 5.91 Å². The van der Waals surface area contributed by atoms with E-state index in [-0.39, 0.29) is 18.6 Å². The number of alkyl carbamates (subject to hydrolysis) is 1. The predicted octanol–water partition coefficient (Wildman–Crippen LogP) is 4.34. The lowest BCUT2D eigenvalue weighted by Gasteiger charge is -2.28. The number of nitrogens with one attached hydrogen (secondary N) is 1. The highest BCUT2D eigenvalue weighted by Crippen LogP contribution is 2.26. The number of hydrogen-bond acceptors (Lipinski definition) is 4. The van der Waals surface area contributed by atoms with Gasteiger partial charge in [0.05, 0.1) is 11.7 Å². The lowest BCUT2D eigenvalue weighted by Crippen LogP contribution is -2.33. The molecule has 0 aliphatic heterocycles. The summed E-state index contributed by atoms with van der Waals surface area (Å²) in [6.45, 7) is 0.587. The largest absolute Gasteiger partial charge is 0.445 e. The third kappa shape index (κ3) is 6.67. The quantitative estimate of drug-likeness (QED) is 0.526. The maximum Gasteiger partial charge on any atom is 0.407 e. The molecule has 1 unspecified atom stereocenters. The highest BCUT2D eigenvalue weighted by molar-refractivity contribution is 5.77. The maximum absolute atomic E-state index is 12.8. The summed E-state index contributed by atoms with van der Waals surface area (Å²) in [7, 11) is 1.79. The van der Waals surface area contributed by atoms with E-state index in [1.165, 1.54) is 0 Å². The van der Waals surface area contributed by atoms with Crippen molar-refractivity contribution in [3.05, 3.63) is 102 Å². The van der Waals surface area contributed by atoms with Crippen LogP contribution in [0.15, 0.2) is 85.1 Å². The molecule has 2 amide bonds. The summed E-state index contributed by atoms with van der Waals surface area (Å²) in [5.74, 6) is -0.0149. The van der Waals surface area contributed by atoms with Crippen molar-refractivity contribution in [2.24, 2.45) is 0 Å². The van der Waals surface area contributed by atoms with Crippen LogP contribution in [0.25, 0.3) is 0 Å². The van der Waals surface area contributed by atoms with Gasteiger partial charge in [-0.05, 0) is 29.7 Å². The fraction of sp³-hybridized carbons (Fsp3) is 0.240. The van der Waals surface area contributed by atoms with E-state index in [2.05, 4.69) is 10.3 Å². The zero-order chi connectivity index (χ0) is 21.9. The Bertz CT molecular complexity index is 910. The van der Waals surface area contributed by atoms with E-state index in [1.54, 1.807) is 18.1 Å². The van der Waals surface area contributed by atoms with Crippen molar-refractivity contribution >= 4 is 12.0 Å². The third-order valence-corrected chi connectivity index (χ3v) is 4.91. The van der Waals surface area contributed by atoms with Gasteiger partial charge in [-0.15, -0.1) is 0 Å². The van der Waals surface area contributed by atoms with Crippen LogP contribution < -0.4 is 5.32 Å². The van der Waals surface area contributed by atoms with E-state index in [1.807, 2.05) is 78.9 Å². The molecule has 0 aliphatic carbocycles. The van der Waals surface area contributed by atoms with Crippen LogP contribution in [0.3, 0.4) is 0 Å². The molecule has 3 aromatic rings. The summed E-state index contributed by atoms with van der Waals surface area (Å²) in [5, 5.41) is 2.70. The van der Waals surface area contributed by atoms with Gasteiger partial charge < -0.3 is 15.0 Å². The Balaban J connectivity index is 1.49. The molecule has 0 saturated heterocycles. The molecule has 0 saturated carbocycles. The zero-order valence-corrected chi connectivity index (χ0v) is 17.6. The van der Waals surface area contributed by atoms with E-state index in [0.717, 1.165) is 16.8 Å². The number of nitrogens with zero attached hydrogens (tertiary/aromatic N) is 2. The zero-order valence-electron chi connectivity index (χ0n) is 17.6. The first-order chi connectivity index (χ1) is 15.1. The van der Waals surface area contributed by atoms with Crippen LogP contribution in [0.5, 0.6) is 0 Å². The standard InChI is InChI=1S/C25H27N3O3/c1-28(24(21-13-6-3-7-14-21)22-15-8-9-17-26-22)23(29)16-10-18-27-25(30)31-19-20-11-4-2-5-12-20/h2-9,11-15,17,24H,10,16,18-19H2,1H3,(H,27,30). The number of ether oxygens (including phenoxy) is 1. The summed E-state index contributed by atoms with van der Waals surface area (Å²) in [4.78, 5) is 30.8. The third-order valence-electron chi connectivity index (χ3n) is 4.91. The van der Waals surface area contributed by atoms with Gasteiger partial charge in [-0.2, -0.15) is 0 Å². The van der Waals surface area contributed by atoms with Crippen LogP contribution in [-0.4, -0.2) is 35.5 Å². The molecule has 0 radical (unpaired) electrons. The van der Waals surface area contributed by atoms with Crippen molar-refractivity contribution < 1.29 is 14.3 Å². The van der Waals surface area contributed by atoms with Crippen LogP contribution in [0, 0.1) is 0 Å². The minimum absolute atomic E-state index is 0.0149. The van der Waals surface area contributed by atoms with Gasteiger partial charge in [0, 0.05) is 26.2 Å². The molecular weight excluding hydrogens is 390 g/mol. The van der Waals surface area contributed by atoms with Gasteiger partial charge in [-0.1, -0.05) is 66.7 Å². The molecule has 0 fully saturated rings. The number of benzene rings is 2. The monoisotopic (exact) mass is 417 g/mol. The SMILES string of the molecule is CN(C(=O)CCCNC(=O)OCc1ccccc1)C(c1ccccc1)c1ccccn1. The minimum atomic E-state index is -0.486. The average Bonchev–Trinajstić information content (AvgIpc) is 2.82. The van der Waals surface area contributed by atoms with Gasteiger partial charge in [-0.25, -0.2) is 4.79 Å². The number of carbonyl (C=O) groups excluding carboxylic acids is 2. The Morgan fingerprint density at radius 1 is 0.968 bits per heavy atom. The van der Waals surface area contributed by atoms with Crippen molar-refractivity contribution in [1.82, 2.24) is 15.2 Å². The lowest BCUT2D eigenvalue weighted by atomic mass is 10.0. The first-order valence-electron chi connectivity index (χ1n) is 10.3. The minimum Gasteiger partial charge on any atom is -0.445 e. The number of hydrogen-bond donors (Lipinski definition) is 1. The molecule has 6 nitrogen and oxygen atoms in total. The molecular formula is C25H27N3O3. The Hall–Kier alpha value is -3.67. The van der Waals surface area contributed by atoms with Crippen molar-refractivity contribution in [3.63, 3.8) is 0 Å². The van der Waals surface area contributed by atoms with Crippen LogP contribution in [0.4, 0.5) is 4.79 Å². The highest BCUT2D eigenvalue weighted by atomic mass is 16.5. The Morgan fingerprint density at radius 2 is 1.65 bits per heavy atom. The smallest absolute Gasteiger partial charge is 0.407 e. The maximum atomic E-state index is 12.8. The van der Waals surface area contributed by atoms with Crippen LogP contribution in [-0.2, 0) is 16.1 Å². The van der Waals surface area contributed by atoms with Crippen LogP contribution >= 0.6 is 0 Å². The summed E-state index contributed by atoms with van der Waals surface area (Å²) in [6.07, 6.45) is 2.08. The van der Waals surface area contributed by atoms with Gasteiger partial charge in [-0.3, -0.25) is 9.78 Å². The second-order valence-corrected chi connectivity index (χ2v) is 7.16. The average molecular weight is 418 g/mol. The summed E-state index contributed by atoms with van der Waals surface area (Å²) in [6, 6.07) is 24.8. The fourth-order valence-electron chi connectivity index (χ4n) is 3.29. The first kappa shape index (κ1) is 22.0. The number of aromatic nitrogens is 1. The Morgan fingerprint density at radius 3 is 2.32 bits per heavy atom. The molecule has 31 heavy (non-hydrogen) atoms. The summed E-state index contributed by atoms with van der Waals surface area (Å²) < 4.78 is 5.18. The molecule has 160 valence electrons. The Kier molecular flexibility index (Phi) is 8.17. The molecule has 1 aromatic heterocycles. The van der Waals surface area contributed by atoms with Gasteiger partial charge in [0.15, 0.2) is 0 Å². The van der Waals surface area contributed by atoms with E-state index in [0.29, 0.717) is 19.4 Å². The van der Waals surface area contributed by atoms with Gasteiger partial charge >= 0.3 is 6.09 Å². The highest BCUT2D eigenvalue weighted by Gasteiger charge is 2.24. The topological polar surface area (TPSA) is 71.5 Å². The number of pyridine rings is 1. The molecule has 2 aromatic carbocycles. The van der Waals surface area contributed by atoms with E-state index in [9.17, 15) is 9.59 Å². The van der Waals surface area contributed by atoms with E-state index < -0.39 is 6.09 Å². The van der Waals surface area contributed by atoms with E-state index >= 15 is 0 Å². The van der Waals surface area contributed by atoms with Crippen LogP contribution in [0.1, 0.15) is 35.7 Å². The van der Waals surface area contributed by atoms with Gasteiger partial charge in [0.25, 0.3) is 0 Å². The second-order valence-electron chi connectivity index (χ2n) is 7.16. The molecule has 0 spiro atoms. The molecule has 1 atom stereocenters. The summed E-state index contributed by atoms with van der Waals surface area (Å²) >= 11 is 0. The molecule has 1 heterocycles. The molecule has 0 aliphatic rings. The number of carbonyl (C=O) groups is 2. The first-order valence-corrected chi connectivity index (χ1v) is 10.3. The predicted molar refractivity (Wildman–Crippen MR) is 119 cm³/mol.